The Bertz CT molecular complexity index is 692. The lowest BCUT2D eigenvalue weighted by Crippen LogP contribution is -2.33. The Hall–Kier alpha value is -2.21. The minimum absolute atomic E-state index is 0.258. The maximum atomic E-state index is 13.1. The number of halogens is 1. The van der Waals surface area contributed by atoms with Gasteiger partial charge in [0.15, 0.2) is 0 Å². The normalized spacial score (nSPS) is 17.1. The summed E-state index contributed by atoms with van der Waals surface area (Å²) >= 11 is 0. The molecule has 1 aromatic carbocycles. The van der Waals surface area contributed by atoms with E-state index >= 15 is 0 Å². The average molecular weight is 344 g/mol. The van der Waals surface area contributed by atoms with Gasteiger partial charge in [-0.15, -0.1) is 0 Å². The molecule has 3 rings (SSSR count). The fourth-order valence-electron chi connectivity index (χ4n) is 3.24. The van der Waals surface area contributed by atoms with Crippen molar-refractivity contribution < 1.29 is 9.13 Å². The van der Waals surface area contributed by atoms with Gasteiger partial charge in [0, 0.05) is 31.1 Å². The summed E-state index contributed by atoms with van der Waals surface area (Å²) < 4.78 is 18.5. The highest BCUT2D eigenvalue weighted by Crippen LogP contribution is 2.26. The lowest BCUT2D eigenvalue weighted by Gasteiger charge is -2.26. The van der Waals surface area contributed by atoms with E-state index in [1.807, 2.05) is 0 Å². The summed E-state index contributed by atoms with van der Waals surface area (Å²) in [6, 6.07) is 8.66. The minimum atomic E-state index is -0.258. The van der Waals surface area contributed by atoms with E-state index in [9.17, 15) is 4.39 Å². The molecule has 5 nitrogen and oxygen atoms in total. The van der Waals surface area contributed by atoms with Crippen LogP contribution in [0.4, 0.5) is 21.8 Å². The first-order valence-electron chi connectivity index (χ1n) is 8.85. The number of nitrogens with zero attached hydrogens (tertiary/aromatic N) is 3. The molecule has 1 atom stereocenters. The van der Waals surface area contributed by atoms with Gasteiger partial charge in [0.05, 0.1) is 12.6 Å². The van der Waals surface area contributed by atoms with Crippen LogP contribution in [0.1, 0.15) is 31.9 Å². The van der Waals surface area contributed by atoms with Crippen LogP contribution in [0.3, 0.4) is 0 Å². The number of methoxy groups -OCH3 is 1. The third kappa shape index (κ3) is 4.45. The fraction of sp³-hybridized carbons (Fsp3) is 0.474. The zero-order valence-electron chi connectivity index (χ0n) is 14.8. The molecule has 0 amide bonds. The molecule has 0 spiro atoms. The average Bonchev–Trinajstić information content (AvgIpc) is 3.06. The highest BCUT2D eigenvalue weighted by Gasteiger charge is 2.26. The number of benzene rings is 1. The minimum Gasteiger partial charge on any atom is -0.383 e. The van der Waals surface area contributed by atoms with Crippen LogP contribution in [0.2, 0.25) is 0 Å². The van der Waals surface area contributed by atoms with Crippen molar-refractivity contribution in [2.75, 3.05) is 30.5 Å². The lowest BCUT2D eigenvalue weighted by molar-refractivity contribution is 0.180. The Balaban J connectivity index is 1.87. The van der Waals surface area contributed by atoms with Crippen molar-refractivity contribution in [3.05, 3.63) is 41.8 Å². The smallest absolute Gasteiger partial charge is 0.229 e. The molecule has 25 heavy (non-hydrogen) atoms. The summed E-state index contributed by atoms with van der Waals surface area (Å²) in [5.74, 6) is 1.23. The van der Waals surface area contributed by atoms with Crippen molar-refractivity contribution in [1.82, 2.24) is 9.97 Å². The van der Waals surface area contributed by atoms with Crippen molar-refractivity contribution >= 4 is 17.5 Å². The molecule has 1 unspecified atom stereocenters. The van der Waals surface area contributed by atoms with Gasteiger partial charge in [0.2, 0.25) is 5.95 Å². The zero-order valence-corrected chi connectivity index (χ0v) is 14.8. The van der Waals surface area contributed by atoms with E-state index in [1.54, 1.807) is 19.2 Å². The van der Waals surface area contributed by atoms with Crippen LogP contribution in [0.15, 0.2) is 30.3 Å². The summed E-state index contributed by atoms with van der Waals surface area (Å²) in [6.45, 7) is 3.82. The fourth-order valence-corrected chi connectivity index (χ4v) is 3.24. The molecular weight excluding hydrogens is 319 g/mol. The number of anilines is 3. The van der Waals surface area contributed by atoms with E-state index in [4.69, 9.17) is 9.72 Å². The molecule has 2 heterocycles. The van der Waals surface area contributed by atoms with Gasteiger partial charge >= 0.3 is 0 Å². The van der Waals surface area contributed by atoms with Gasteiger partial charge < -0.3 is 15.0 Å². The monoisotopic (exact) mass is 344 g/mol. The van der Waals surface area contributed by atoms with Gasteiger partial charge in [-0.2, -0.15) is 4.98 Å². The predicted octanol–water partition coefficient (Wildman–Crippen LogP) is 3.93. The van der Waals surface area contributed by atoms with E-state index in [2.05, 4.69) is 28.2 Å². The van der Waals surface area contributed by atoms with Gasteiger partial charge in [-0.05, 0) is 43.5 Å². The van der Waals surface area contributed by atoms with Crippen LogP contribution in [0.25, 0.3) is 0 Å². The highest BCUT2D eigenvalue weighted by atomic mass is 19.1. The summed E-state index contributed by atoms with van der Waals surface area (Å²) in [4.78, 5) is 11.6. The molecule has 1 saturated heterocycles. The van der Waals surface area contributed by atoms with Crippen molar-refractivity contribution in [3.8, 4) is 0 Å². The number of aromatic nitrogens is 2. The maximum Gasteiger partial charge on any atom is 0.229 e. The van der Waals surface area contributed by atoms with Gasteiger partial charge in [-0.25, -0.2) is 9.37 Å². The SMILES string of the molecule is CCCc1cc(N2CCCC2COC)nc(Nc2ccc(F)cc2)n1. The van der Waals surface area contributed by atoms with Crippen LogP contribution < -0.4 is 10.2 Å². The number of ether oxygens (including phenoxy) is 1. The van der Waals surface area contributed by atoms with Crippen molar-refractivity contribution in [1.29, 1.82) is 0 Å². The number of aryl methyl sites for hydroxylation is 1. The summed E-state index contributed by atoms with van der Waals surface area (Å²) in [7, 11) is 1.74. The highest BCUT2D eigenvalue weighted by molar-refractivity contribution is 5.56. The number of hydrogen-bond acceptors (Lipinski definition) is 5. The second kappa shape index (κ2) is 8.25. The van der Waals surface area contributed by atoms with Crippen LogP contribution in [0, 0.1) is 5.82 Å². The second-order valence-electron chi connectivity index (χ2n) is 6.37. The van der Waals surface area contributed by atoms with E-state index < -0.39 is 0 Å². The Labute approximate surface area is 148 Å². The van der Waals surface area contributed by atoms with Gasteiger partial charge in [-0.3, -0.25) is 0 Å². The van der Waals surface area contributed by atoms with Gasteiger partial charge in [0.25, 0.3) is 0 Å². The molecule has 0 aliphatic carbocycles. The first-order valence-corrected chi connectivity index (χ1v) is 8.85. The second-order valence-corrected chi connectivity index (χ2v) is 6.37. The van der Waals surface area contributed by atoms with E-state index in [0.717, 1.165) is 49.4 Å². The third-order valence-electron chi connectivity index (χ3n) is 4.40. The first-order chi connectivity index (χ1) is 12.2. The van der Waals surface area contributed by atoms with E-state index in [-0.39, 0.29) is 5.82 Å². The molecule has 2 aromatic rings. The Kier molecular flexibility index (Phi) is 5.81. The number of nitrogens with one attached hydrogen (secondary N) is 1. The summed E-state index contributed by atoms with van der Waals surface area (Å²) in [5.41, 5.74) is 1.79. The van der Waals surface area contributed by atoms with Crippen molar-refractivity contribution in [2.45, 2.75) is 38.6 Å². The largest absolute Gasteiger partial charge is 0.383 e. The number of hydrogen-bond donors (Lipinski definition) is 1. The predicted molar refractivity (Wildman–Crippen MR) is 98.0 cm³/mol. The quantitative estimate of drug-likeness (QED) is 0.825. The van der Waals surface area contributed by atoms with Crippen molar-refractivity contribution in [2.24, 2.45) is 0 Å². The maximum absolute atomic E-state index is 13.1. The Morgan fingerprint density at radius 3 is 2.80 bits per heavy atom. The Morgan fingerprint density at radius 1 is 1.28 bits per heavy atom. The molecule has 1 N–H and O–H groups in total. The standard InChI is InChI=1S/C19H25FN4O/c1-3-5-16-12-18(24-11-4-6-17(24)13-25-2)23-19(22-16)21-15-9-7-14(20)8-10-15/h7-10,12,17H,3-6,11,13H2,1-2H3,(H,21,22,23). The molecule has 0 radical (unpaired) electrons. The van der Waals surface area contributed by atoms with E-state index in [0.29, 0.717) is 18.6 Å². The van der Waals surface area contributed by atoms with Crippen LogP contribution in [-0.2, 0) is 11.2 Å². The van der Waals surface area contributed by atoms with Gasteiger partial charge in [0.1, 0.15) is 11.6 Å². The molecule has 1 fully saturated rings. The molecule has 134 valence electrons. The Morgan fingerprint density at radius 2 is 2.08 bits per heavy atom. The lowest BCUT2D eigenvalue weighted by atomic mass is 10.2. The molecule has 1 aliphatic heterocycles. The van der Waals surface area contributed by atoms with E-state index in [1.165, 1.54) is 12.1 Å². The van der Waals surface area contributed by atoms with Crippen LogP contribution in [-0.4, -0.2) is 36.3 Å². The summed E-state index contributed by atoms with van der Waals surface area (Å²) in [5, 5.41) is 3.19. The third-order valence-corrected chi connectivity index (χ3v) is 4.40. The number of rotatable bonds is 7. The first kappa shape index (κ1) is 17.6. The zero-order chi connectivity index (χ0) is 17.6. The summed E-state index contributed by atoms with van der Waals surface area (Å²) in [6.07, 6.45) is 4.17. The van der Waals surface area contributed by atoms with Crippen molar-refractivity contribution in [3.63, 3.8) is 0 Å². The molecule has 6 heteroatoms. The van der Waals surface area contributed by atoms with Crippen LogP contribution >= 0.6 is 0 Å². The molecular formula is C19H25FN4O. The molecule has 1 aliphatic rings. The molecule has 0 saturated carbocycles. The molecule has 1 aromatic heterocycles. The molecule has 0 bridgehead atoms. The topological polar surface area (TPSA) is 50.3 Å². The van der Waals surface area contributed by atoms with Crippen LogP contribution in [0.5, 0.6) is 0 Å². The van der Waals surface area contributed by atoms with Gasteiger partial charge in [-0.1, -0.05) is 13.3 Å².